The maximum atomic E-state index is 14.0. The number of alkyl halides is 2. The van der Waals surface area contributed by atoms with Crippen molar-refractivity contribution >= 4 is 25.3 Å². The van der Waals surface area contributed by atoms with Crippen molar-refractivity contribution in [3.63, 3.8) is 0 Å². The Morgan fingerprint density at radius 1 is 1.00 bits per heavy atom. The Balaban J connectivity index is 4.26. The fourth-order valence-electron chi connectivity index (χ4n) is 1.24. The van der Waals surface area contributed by atoms with Crippen LogP contribution in [0.4, 0.5) is 8.78 Å². The molecule has 3 nitrogen and oxygen atoms in total. The molecule has 2 atom stereocenters. The lowest BCUT2D eigenvalue weighted by Crippen LogP contribution is -2.58. The lowest BCUT2D eigenvalue weighted by molar-refractivity contribution is 0.0831. The average Bonchev–Trinajstić information content (AvgIpc) is 2.27. The third-order valence-electron chi connectivity index (χ3n) is 2.14. The van der Waals surface area contributed by atoms with Gasteiger partial charge in [0.1, 0.15) is 0 Å². The molecule has 0 saturated carbocycles. The van der Waals surface area contributed by atoms with Crippen LogP contribution in [0.2, 0.25) is 0 Å². The van der Waals surface area contributed by atoms with Gasteiger partial charge in [-0.2, -0.15) is 25.3 Å². The molecule has 0 saturated heterocycles. The molecular weight excluding hydrogens is 252 g/mol. The highest BCUT2D eigenvalue weighted by atomic mass is 32.1. The summed E-state index contributed by atoms with van der Waals surface area (Å²) in [7, 11) is 1.63. The van der Waals surface area contributed by atoms with Gasteiger partial charge in [-0.1, -0.05) is 6.92 Å². The summed E-state index contributed by atoms with van der Waals surface area (Å²) in [5.74, 6) is -3.46. The molecule has 16 heavy (non-hydrogen) atoms. The quantitative estimate of drug-likeness (QED) is 0.315. The smallest absolute Gasteiger partial charge is 0.183 e. The molecule has 0 aromatic heterocycles. The summed E-state index contributed by atoms with van der Waals surface area (Å²) >= 11 is 7.82. The fraction of sp³-hybridized carbons (Fsp3) is 1.00. The molecule has 0 amide bonds. The number of halogens is 2. The maximum Gasteiger partial charge on any atom is 0.183 e. The Bertz CT molecular complexity index is 180. The Hall–Kier alpha value is 0.440. The van der Waals surface area contributed by atoms with Gasteiger partial charge in [-0.3, -0.25) is 10.6 Å². The van der Waals surface area contributed by atoms with E-state index in [0.717, 1.165) is 0 Å². The van der Waals surface area contributed by atoms with E-state index in [-0.39, 0.29) is 24.6 Å². The average molecular weight is 273 g/mol. The number of hydrogen-bond donors (Lipinski definition) is 5. The van der Waals surface area contributed by atoms with Crippen LogP contribution < -0.4 is 16.0 Å². The van der Waals surface area contributed by atoms with Crippen LogP contribution >= 0.6 is 25.3 Å². The van der Waals surface area contributed by atoms with Crippen molar-refractivity contribution in [1.82, 2.24) is 16.0 Å². The second kappa shape index (κ2) is 7.71. The molecule has 3 N–H and O–H groups in total. The van der Waals surface area contributed by atoms with E-state index >= 15 is 0 Å². The zero-order valence-electron chi connectivity index (χ0n) is 9.69. The SMILES string of the molecule is CCNC(F)(CS)CNC(F)(CS)CNC. The molecule has 0 aromatic rings. The molecule has 0 aliphatic carbocycles. The molecule has 0 aliphatic heterocycles. The first-order valence-electron chi connectivity index (χ1n) is 5.19. The van der Waals surface area contributed by atoms with E-state index in [1.807, 2.05) is 0 Å². The molecular formula is C9H21F2N3S2. The second-order valence-corrected chi connectivity index (χ2v) is 4.29. The topological polar surface area (TPSA) is 36.1 Å². The minimum atomic E-state index is -1.71. The highest BCUT2D eigenvalue weighted by molar-refractivity contribution is 7.80. The zero-order valence-corrected chi connectivity index (χ0v) is 11.5. The highest BCUT2D eigenvalue weighted by Crippen LogP contribution is 2.13. The minimum absolute atomic E-state index is 0.0178. The second-order valence-electron chi connectivity index (χ2n) is 3.66. The highest BCUT2D eigenvalue weighted by Gasteiger charge is 2.33. The number of hydrogen-bond acceptors (Lipinski definition) is 5. The van der Waals surface area contributed by atoms with Gasteiger partial charge in [0, 0.05) is 24.6 Å². The molecule has 0 bridgehead atoms. The summed E-state index contributed by atoms with van der Waals surface area (Å²) in [5.41, 5.74) is 0. The van der Waals surface area contributed by atoms with Gasteiger partial charge in [0.05, 0.1) is 0 Å². The maximum absolute atomic E-state index is 14.0. The summed E-state index contributed by atoms with van der Waals surface area (Å²) in [6, 6.07) is 0. The third-order valence-corrected chi connectivity index (χ3v) is 3.14. The molecule has 0 heterocycles. The predicted octanol–water partition coefficient (Wildman–Crippen LogP) is 0.596. The molecule has 0 spiro atoms. The van der Waals surface area contributed by atoms with E-state index in [4.69, 9.17) is 0 Å². The first kappa shape index (κ1) is 16.4. The van der Waals surface area contributed by atoms with Crippen LogP contribution in [-0.2, 0) is 0 Å². The standard InChI is InChI=1S/C9H21F2N3S2/c1-3-13-9(11,7-16)5-14-8(10,6-15)4-12-2/h12-16H,3-7H2,1-2H3. The Kier molecular flexibility index (Phi) is 7.92. The van der Waals surface area contributed by atoms with Gasteiger partial charge < -0.3 is 5.32 Å². The van der Waals surface area contributed by atoms with Crippen molar-refractivity contribution in [1.29, 1.82) is 0 Å². The summed E-state index contributed by atoms with van der Waals surface area (Å²) in [5, 5.41) is 7.86. The molecule has 0 rings (SSSR count). The Morgan fingerprint density at radius 3 is 1.88 bits per heavy atom. The summed E-state index contributed by atoms with van der Waals surface area (Å²) in [6.07, 6.45) is 0. The van der Waals surface area contributed by atoms with Gasteiger partial charge in [0.2, 0.25) is 0 Å². The van der Waals surface area contributed by atoms with Crippen LogP contribution in [-0.4, -0.2) is 49.8 Å². The summed E-state index contributed by atoms with van der Waals surface area (Å²) < 4.78 is 27.9. The molecule has 98 valence electrons. The van der Waals surface area contributed by atoms with Crippen molar-refractivity contribution in [3.05, 3.63) is 0 Å². The van der Waals surface area contributed by atoms with Crippen LogP contribution in [0.1, 0.15) is 6.92 Å². The zero-order chi connectivity index (χ0) is 12.7. The van der Waals surface area contributed by atoms with E-state index in [2.05, 4.69) is 41.2 Å². The fourth-order valence-corrected chi connectivity index (χ4v) is 1.69. The summed E-state index contributed by atoms with van der Waals surface area (Å²) in [4.78, 5) is 0. The van der Waals surface area contributed by atoms with Gasteiger partial charge >= 0.3 is 0 Å². The third kappa shape index (κ3) is 5.67. The van der Waals surface area contributed by atoms with Crippen LogP contribution in [0.15, 0.2) is 0 Å². The van der Waals surface area contributed by atoms with Gasteiger partial charge in [-0.05, 0) is 13.6 Å². The predicted molar refractivity (Wildman–Crippen MR) is 71.0 cm³/mol. The Morgan fingerprint density at radius 2 is 1.50 bits per heavy atom. The summed E-state index contributed by atoms with van der Waals surface area (Å²) in [6.45, 7) is 2.17. The van der Waals surface area contributed by atoms with Crippen LogP contribution in [0.3, 0.4) is 0 Å². The molecule has 7 heteroatoms. The lowest BCUT2D eigenvalue weighted by atomic mass is 10.2. The monoisotopic (exact) mass is 273 g/mol. The molecule has 0 aromatic carbocycles. The molecule has 0 radical (unpaired) electrons. The molecule has 0 fully saturated rings. The van der Waals surface area contributed by atoms with E-state index in [1.165, 1.54) is 0 Å². The first-order chi connectivity index (χ1) is 7.45. The van der Waals surface area contributed by atoms with Gasteiger partial charge in [0.15, 0.2) is 11.6 Å². The van der Waals surface area contributed by atoms with Crippen molar-refractivity contribution < 1.29 is 8.78 Å². The molecule has 0 aliphatic rings. The van der Waals surface area contributed by atoms with Crippen LogP contribution in [0, 0.1) is 0 Å². The van der Waals surface area contributed by atoms with Crippen LogP contribution in [0.25, 0.3) is 0 Å². The van der Waals surface area contributed by atoms with E-state index in [0.29, 0.717) is 6.54 Å². The van der Waals surface area contributed by atoms with Crippen molar-refractivity contribution in [2.45, 2.75) is 18.5 Å². The lowest BCUT2D eigenvalue weighted by Gasteiger charge is -2.31. The van der Waals surface area contributed by atoms with Gasteiger partial charge in [0.25, 0.3) is 0 Å². The Labute approximate surface area is 107 Å². The number of nitrogens with one attached hydrogen (secondary N) is 3. The normalized spacial score (nSPS) is 19.1. The van der Waals surface area contributed by atoms with Crippen LogP contribution in [0.5, 0.6) is 0 Å². The number of likely N-dealkylation sites (N-methyl/N-ethyl adjacent to an activating group) is 2. The minimum Gasteiger partial charge on any atom is -0.315 e. The van der Waals surface area contributed by atoms with Gasteiger partial charge in [-0.25, -0.2) is 8.78 Å². The largest absolute Gasteiger partial charge is 0.315 e. The number of thiol groups is 2. The first-order valence-corrected chi connectivity index (χ1v) is 6.46. The van der Waals surface area contributed by atoms with E-state index in [1.54, 1.807) is 14.0 Å². The van der Waals surface area contributed by atoms with Crippen molar-refractivity contribution in [2.75, 3.05) is 38.2 Å². The van der Waals surface area contributed by atoms with Crippen molar-refractivity contribution in [3.8, 4) is 0 Å². The molecule has 2 unspecified atom stereocenters. The van der Waals surface area contributed by atoms with E-state index in [9.17, 15) is 8.78 Å². The van der Waals surface area contributed by atoms with Crippen molar-refractivity contribution in [2.24, 2.45) is 0 Å². The number of rotatable bonds is 9. The van der Waals surface area contributed by atoms with E-state index < -0.39 is 11.6 Å². The van der Waals surface area contributed by atoms with Gasteiger partial charge in [-0.15, -0.1) is 0 Å².